The van der Waals surface area contributed by atoms with Crippen LogP contribution in [-0.2, 0) is 16.6 Å². The van der Waals surface area contributed by atoms with E-state index in [1.807, 2.05) is 0 Å². The molecule has 0 fully saturated rings. The number of hydrogen-bond acceptors (Lipinski definition) is 4. The van der Waals surface area contributed by atoms with Gasteiger partial charge in [-0.15, -0.1) is 0 Å². The lowest BCUT2D eigenvalue weighted by atomic mass is 10.1. The van der Waals surface area contributed by atoms with Gasteiger partial charge in [-0.1, -0.05) is 34.1 Å². The summed E-state index contributed by atoms with van der Waals surface area (Å²) in [7, 11) is -3.77. The van der Waals surface area contributed by atoms with E-state index in [1.54, 1.807) is 54.6 Å². The standard InChI is InChI=1S/C20H17BrN2O4S/c21-16-7-9-19(10-8-16)28(26,27)23-18-6-2-4-15(12-18)20(25)22-17-5-1-3-14(11-17)13-24/h1-12,23-24H,13H2,(H,22,25). The predicted octanol–water partition coefficient (Wildman–Crippen LogP) is 3.99. The van der Waals surface area contributed by atoms with Gasteiger partial charge in [-0.3, -0.25) is 9.52 Å². The molecule has 0 unspecified atom stereocenters. The first-order chi connectivity index (χ1) is 13.4. The summed E-state index contributed by atoms with van der Waals surface area (Å²) in [5.41, 5.74) is 1.79. The highest BCUT2D eigenvalue weighted by molar-refractivity contribution is 9.10. The minimum atomic E-state index is -3.77. The number of carbonyl (C=O) groups excluding carboxylic acids is 1. The van der Waals surface area contributed by atoms with E-state index in [-0.39, 0.29) is 23.1 Å². The Kier molecular flexibility index (Phi) is 6.13. The third-order valence-electron chi connectivity index (χ3n) is 3.87. The van der Waals surface area contributed by atoms with Crippen molar-refractivity contribution >= 4 is 43.2 Å². The van der Waals surface area contributed by atoms with Gasteiger partial charge in [-0.2, -0.15) is 0 Å². The number of carbonyl (C=O) groups is 1. The van der Waals surface area contributed by atoms with Gasteiger partial charge in [0, 0.05) is 21.4 Å². The zero-order valence-electron chi connectivity index (χ0n) is 14.6. The Labute approximate surface area is 171 Å². The summed E-state index contributed by atoms with van der Waals surface area (Å²) in [4.78, 5) is 12.6. The average Bonchev–Trinajstić information content (AvgIpc) is 2.68. The van der Waals surface area contributed by atoms with Gasteiger partial charge in [-0.05, 0) is 60.2 Å². The predicted molar refractivity (Wildman–Crippen MR) is 112 cm³/mol. The maximum atomic E-state index is 12.5. The molecule has 0 saturated carbocycles. The van der Waals surface area contributed by atoms with E-state index in [9.17, 15) is 18.3 Å². The van der Waals surface area contributed by atoms with Crippen LogP contribution in [0.4, 0.5) is 11.4 Å². The molecule has 28 heavy (non-hydrogen) atoms. The molecule has 0 heterocycles. The van der Waals surface area contributed by atoms with Crippen LogP contribution in [0, 0.1) is 0 Å². The SMILES string of the molecule is O=C(Nc1cccc(CO)c1)c1cccc(NS(=O)(=O)c2ccc(Br)cc2)c1. The van der Waals surface area contributed by atoms with Crippen LogP contribution in [-0.4, -0.2) is 19.4 Å². The zero-order valence-corrected chi connectivity index (χ0v) is 17.0. The van der Waals surface area contributed by atoms with Gasteiger partial charge in [0.1, 0.15) is 0 Å². The molecule has 3 aromatic rings. The summed E-state index contributed by atoms with van der Waals surface area (Å²) in [5, 5.41) is 11.9. The number of nitrogens with one attached hydrogen (secondary N) is 2. The number of halogens is 1. The Bertz CT molecular complexity index is 1100. The van der Waals surface area contributed by atoms with Crippen molar-refractivity contribution in [3.63, 3.8) is 0 Å². The topological polar surface area (TPSA) is 95.5 Å². The van der Waals surface area contributed by atoms with Crippen LogP contribution >= 0.6 is 15.9 Å². The molecule has 0 aliphatic heterocycles. The summed E-state index contributed by atoms with van der Waals surface area (Å²) in [6.07, 6.45) is 0. The molecule has 0 aromatic heterocycles. The first kappa shape index (κ1) is 20.1. The fraction of sp³-hybridized carbons (Fsp3) is 0.0500. The van der Waals surface area contributed by atoms with Gasteiger partial charge in [0.25, 0.3) is 15.9 Å². The Morgan fingerprint density at radius 1 is 0.929 bits per heavy atom. The highest BCUT2D eigenvalue weighted by Crippen LogP contribution is 2.20. The fourth-order valence-corrected chi connectivity index (χ4v) is 3.82. The van der Waals surface area contributed by atoms with Gasteiger partial charge in [0.05, 0.1) is 11.5 Å². The Morgan fingerprint density at radius 3 is 2.32 bits per heavy atom. The Morgan fingerprint density at radius 2 is 1.61 bits per heavy atom. The molecule has 0 spiro atoms. The molecule has 0 atom stereocenters. The maximum Gasteiger partial charge on any atom is 0.261 e. The van der Waals surface area contributed by atoms with E-state index in [4.69, 9.17) is 0 Å². The number of hydrogen-bond donors (Lipinski definition) is 3. The second kappa shape index (κ2) is 8.55. The molecular formula is C20H17BrN2O4S. The molecule has 6 nitrogen and oxygen atoms in total. The maximum absolute atomic E-state index is 12.5. The lowest BCUT2D eigenvalue weighted by Crippen LogP contribution is -2.15. The van der Waals surface area contributed by atoms with Crippen LogP contribution in [0.5, 0.6) is 0 Å². The highest BCUT2D eigenvalue weighted by Gasteiger charge is 2.15. The molecule has 3 aromatic carbocycles. The van der Waals surface area contributed by atoms with Crippen molar-refractivity contribution in [3.8, 4) is 0 Å². The molecule has 3 N–H and O–H groups in total. The van der Waals surface area contributed by atoms with Gasteiger partial charge >= 0.3 is 0 Å². The summed E-state index contributed by atoms with van der Waals surface area (Å²) in [6.45, 7) is -0.128. The van der Waals surface area contributed by atoms with Crippen LogP contribution in [0.2, 0.25) is 0 Å². The number of benzene rings is 3. The van der Waals surface area contributed by atoms with Crippen LogP contribution in [0.15, 0.2) is 82.2 Å². The summed E-state index contributed by atoms with van der Waals surface area (Å²) >= 11 is 3.27. The molecule has 0 aliphatic carbocycles. The average molecular weight is 461 g/mol. The van der Waals surface area contributed by atoms with E-state index in [0.29, 0.717) is 16.8 Å². The third-order valence-corrected chi connectivity index (χ3v) is 5.79. The smallest absolute Gasteiger partial charge is 0.261 e. The van der Waals surface area contributed by atoms with Crippen molar-refractivity contribution in [1.82, 2.24) is 0 Å². The van der Waals surface area contributed by atoms with Crippen LogP contribution in [0.25, 0.3) is 0 Å². The number of anilines is 2. The van der Waals surface area contributed by atoms with E-state index in [1.165, 1.54) is 18.2 Å². The first-order valence-electron chi connectivity index (χ1n) is 8.27. The van der Waals surface area contributed by atoms with Crippen molar-refractivity contribution in [2.45, 2.75) is 11.5 Å². The van der Waals surface area contributed by atoms with Gasteiger partial charge in [0.2, 0.25) is 0 Å². The monoisotopic (exact) mass is 460 g/mol. The molecule has 144 valence electrons. The van der Waals surface area contributed by atoms with Crippen molar-refractivity contribution < 1.29 is 18.3 Å². The molecule has 3 rings (SSSR count). The summed E-state index contributed by atoms with van der Waals surface area (Å²) < 4.78 is 28.3. The van der Waals surface area contributed by atoms with E-state index in [2.05, 4.69) is 26.0 Å². The summed E-state index contributed by atoms with van der Waals surface area (Å²) in [6, 6.07) is 19.3. The molecule has 0 bridgehead atoms. The minimum absolute atomic E-state index is 0.117. The van der Waals surface area contributed by atoms with Crippen LogP contribution in [0.3, 0.4) is 0 Å². The quantitative estimate of drug-likeness (QED) is 0.517. The minimum Gasteiger partial charge on any atom is -0.392 e. The van der Waals surface area contributed by atoms with Crippen molar-refractivity contribution in [1.29, 1.82) is 0 Å². The van der Waals surface area contributed by atoms with Crippen molar-refractivity contribution in [3.05, 3.63) is 88.4 Å². The second-order valence-electron chi connectivity index (χ2n) is 5.95. The normalized spacial score (nSPS) is 11.1. The van der Waals surface area contributed by atoms with Crippen molar-refractivity contribution in [2.75, 3.05) is 10.0 Å². The number of aliphatic hydroxyl groups is 1. The molecule has 8 heteroatoms. The molecule has 0 aliphatic rings. The number of sulfonamides is 1. The van der Waals surface area contributed by atoms with Crippen molar-refractivity contribution in [2.24, 2.45) is 0 Å². The number of aliphatic hydroxyl groups excluding tert-OH is 1. The third kappa shape index (κ3) is 4.98. The second-order valence-corrected chi connectivity index (χ2v) is 8.55. The van der Waals surface area contributed by atoms with Crippen LogP contribution < -0.4 is 10.0 Å². The first-order valence-corrected chi connectivity index (χ1v) is 10.5. The van der Waals surface area contributed by atoms with Gasteiger partial charge < -0.3 is 10.4 Å². The Balaban J connectivity index is 1.77. The number of amides is 1. The fourth-order valence-electron chi connectivity index (χ4n) is 2.50. The van der Waals surface area contributed by atoms with E-state index < -0.39 is 10.0 Å². The molecule has 1 amide bonds. The molecule has 0 saturated heterocycles. The Hall–Kier alpha value is -2.68. The largest absolute Gasteiger partial charge is 0.392 e. The zero-order chi connectivity index (χ0) is 20.1. The highest BCUT2D eigenvalue weighted by atomic mass is 79.9. The number of rotatable bonds is 6. The van der Waals surface area contributed by atoms with Crippen LogP contribution in [0.1, 0.15) is 15.9 Å². The molecular weight excluding hydrogens is 444 g/mol. The summed E-state index contributed by atoms with van der Waals surface area (Å²) in [5.74, 6) is -0.389. The molecule has 0 radical (unpaired) electrons. The lowest BCUT2D eigenvalue weighted by molar-refractivity contribution is 0.102. The van der Waals surface area contributed by atoms with E-state index in [0.717, 1.165) is 4.47 Å². The van der Waals surface area contributed by atoms with Gasteiger partial charge in [-0.25, -0.2) is 8.42 Å². The lowest BCUT2D eigenvalue weighted by Gasteiger charge is -2.10. The van der Waals surface area contributed by atoms with Gasteiger partial charge in [0.15, 0.2) is 0 Å². The van der Waals surface area contributed by atoms with E-state index >= 15 is 0 Å².